The van der Waals surface area contributed by atoms with E-state index in [-0.39, 0.29) is 5.78 Å². The van der Waals surface area contributed by atoms with Gasteiger partial charge < -0.3 is 0 Å². The monoisotopic (exact) mass is 250 g/mol. The van der Waals surface area contributed by atoms with Gasteiger partial charge in [0.1, 0.15) is 5.78 Å². The van der Waals surface area contributed by atoms with Gasteiger partial charge in [0.2, 0.25) is 0 Å². The number of rotatable bonds is 2. The molecule has 0 aliphatic carbocycles. The van der Waals surface area contributed by atoms with E-state index in [0.29, 0.717) is 11.8 Å². The van der Waals surface area contributed by atoms with E-state index in [1.807, 2.05) is 24.3 Å². The fraction of sp³-hybridized carbons (Fsp3) is 0.250. The number of benzene rings is 1. The summed E-state index contributed by atoms with van der Waals surface area (Å²) >= 11 is 3.24. The molecule has 2 heteroatoms. The first-order valence-electron chi connectivity index (χ1n) is 4.35. The van der Waals surface area contributed by atoms with Crippen molar-refractivity contribution in [3.05, 3.63) is 35.4 Å². The Bertz CT molecular complexity index is 368. The van der Waals surface area contributed by atoms with Crippen LogP contribution in [0.1, 0.15) is 18.1 Å². The molecular weight excluding hydrogens is 240 g/mol. The first kappa shape index (κ1) is 11.0. The summed E-state index contributed by atoms with van der Waals surface area (Å²) in [6.07, 6.45) is 0.506. The summed E-state index contributed by atoms with van der Waals surface area (Å²) < 4.78 is 0. The molecule has 0 radical (unpaired) electrons. The van der Waals surface area contributed by atoms with Crippen molar-refractivity contribution in [3.8, 4) is 11.8 Å². The second kappa shape index (κ2) is 5.62. The molecule has 0 saturated heterocycles. The van der Waals surface area contributed by atoms with Gasteiger partial charge in [-0.05, 0) is 24.6 Å². The van der Waals surface area contributed by atoms with E-state index in [9.17, 15) is 4.79 Å². The van der Waals surface area contributed by atoms with Crippen molar-refractivity contribution >= 4 is 21.7 Å². The standard InChI is InChI=1S/C12H11BrO/c1-10(14)9-12-6-4-11(5-7-12)3-2-8-13/h4-7H,8-9H2,1H3. The fourth-order valence-corrected chi connectivity index (χ4v) is 1.27. The van der Waals surface area contributed by atoms with Gasteiger partial charge in [-0.3, -0.25) is 4.79 Å². The molecule has 0 bridgehead atoms. The number of carbonyl (C=O) groups is 1. The van der Waals surface area contributed by atoms with Crippen LogP contribution in [-0.4, -0.2) is 11.1 Å². The number of Topliss-reactive ketones (excluding diaryl/α,β-unsaturated/α-hetero) is 1. The Labute approximate surface area is 92.6 Å². The van der Waals surface area contributed by atoms with Gasteiger partial charge in [0, 0.05) is 12.0 Å². The lowest BCUT2D eigenvalue weighted by molar-refractivity contribution is -0.116. The van der Waals surface area contributed by atoms with Crippen LogP contribution in [0.4, 0.5) is 0 Å². The second-order valence-corrected chi connectivity index (χ2v) is 3.57. The smallest absolute Gasteiger partial charge is 0.134 e. The van der Waals surface area contributed by atoms with Gasteiger partial charge in [-0.15, -0.1) is 0 Å². The van der Waals surface area contributed by atoms with Crippen molar-refractivity contribution in [2.75, 3.05) is 5.33 Å². The molecular formula is C12H11BrO. The third kappa shape index (κ3) is 3.76. The van der Waals surface area contributed by atoms with E-state index < -0.39 is 0 Å². The van der Waals surface area contributed by atoms with E-state index in [1.54, 1.807) is 6.92 Å². The molecule has 0 fully saturated rings. The predicted octanol–water partition coefficient (Wildman–Crippen LogP) is 2.56. The van der Waals surface area contributed by atoms with Crippen molar-refractivity contribution in [2.45, 2.75) is 13.3 Å². The van der Waals surface area contributed by atoms with Crippen molar-refractivity contribution in [1.82, 2.24) is 0 Å². The Morgan fingerprint density at radius 1 is 1.36 bits per heavy atom. The maximum absolute atomic E-state index is 10.8. The first-order chi connectivity index (χ1) is 6.72. The van der Waals surface area contributed by atoms with Crippen LogP contribution in [0.2, 0.25) is 0 Å². The molecule has 1 aromatic rings. The van der Waals surface area contributed by atoms with Gasteiger partial charge in [0.15, 0.2) is 0 Å². The Balaban J connectivity index is 2.73. The van der Waals surface area contributed by atoms with Crippen LogP contribution >= 0.6 is 15.9 Å². The summed E-state index contributed by atoms with van der Waals surface area (Å²) in [7, 11) is 0. The molecule has 0 aliphatic heterocycles. The van der Waals surface area contributed by atoms with Crippen LogP contribution in [-0.2, 0) is 11.2 Å². The molecule has 0 spiro atoms. The molecule has 1 aromatic carbocycles. The quantitative estimate of drug-likeness (QED) is 0.583. The van der Waals surface area contributed by atoms with Crippen LogP contribution in [0.15, 0.2) is 24.3 Å². The molecule has 1 nitrogen and oxygen atoms in total. The first-order valence-corrected chi connectivity index (χ1v) is 5.47. The van der Waals surface area contributed by atoms with Crippen LogP contribution in [0, 0.1) is 11.8 Å². The molecule has 0 unspecified atom stereocenters. The average molecular weight is 251 g/mol. The number of hydrogen-bond donors (Lipinski definition) is 0. The van der Waals surface area contributed by atoms with Crippen molar-refractivity contribution in [3.63, 3.8) is 0 Å². The third-order valence-electron chi connectivity index (χ3n) is 1.71. The van der Waals surface area contributed by atoms with E-state index in [2.05, 4.69) is 27.8 Å². The number of alkyl halides is 1. The van der Waals surface area contributed by atoms with Gasteiger partial charge in [0.25, 0.3) is 0 Å². The van der Waals surface area contributed by atoms with Crippen molar-refractivity contribution < 1.29 is 4.79 Å². The van der Waals surface area contributed by atoms with Gasteiger partial charge in [0.05, 0.1) is 5.33 Å². The van der Waals surface area contributed by atoms with E-state index >= 15 is 0 Å². The normalized spacial score (nSPS) is 9.00. The maximum atomic E-state index is 10.8. The maximum Gasteiger partial charge on any atom is 0.134 e. The van der Waals surface area contributed by atoms with Crippen molar-refractivity contribution in [2.24, 2.45) is 0 Å². The summed E-state index contributed by atoms with van der Waals surface area (Å²) in [5.41, 5.74) is 2.03. The minimum Gasteiger partial charge on any atom is -0.300 e. The van der Waals surface area contributed by atoms with Crippen LogP contribution in [0.25, 0.3) is 0 Å². The highest BCUT2D eigenvalue weighted by Crippen LogP contribution is 2.04. The van der Waals surface area contributed by atoms with Gasteiger partial charge in [-0.1, -0.05) is 39.9 Å². The molecule has 0 aromatic heterocycles. The molecule has 14 heavy (non-hydrogen) atoms. The third-order valence-corrected chi connectivity index (χ3v) is 1.99. The largest absolute Gasteiger partial charge is 0.300 e. The predicted molar refractivity (Wildman–Crippen MR) is 61.5 cm³/mol. The van der Waals surface area contributed by atoms with Gasteiger partial charge >= 0.3 is 0 Å². The summed E-state index contributed by atoms with van der Waals surface area (Å²) in [5, 5.41) is 0.683. The number of ketones is 1. The lowest BCUT2D eigenvalue weighted by atomic mass is 10.1. The SMILES string of the molecule is CC(=O)Cc1ccc(C#CCBr)cc1. The number of hydrogen-bond acceptors (Lipinski definition) is 1. The summed E-state index contributed by atoms with van der Waals surface area (Å²) in [5.74, 6) is 6.10. The molecule has 0 heterocycles. The summed E-state index contributed by atoms with van der Waals surface area (Å²) in [4.78, 5) is 10.8. The van der Waals surface area contributed by atoms with Crippen LogP contribution in [0.3, 0.4) is 0 Å². The molecule has 0 saturated carbocycles. The Hall–Kier alpha value is -1.07. The average Bonchev–Trinajstić information content (AvgIpc) is 2.16. The zero-order valence-electron chi connectivity index (χ0n) is 8.01. The lowest BCUT2D eigenvalue weighted by Crippen LogP contribution is -1.95. The number of carbonyl (C=O) groups excluding carboxylic acids is 1. The Morgan fingerprint density at radius 2 is 2.00 bits per heavy atom. The van der Waals surface area contributed by atoms with Crippen LogP contribution in [0.5, 0.6) is 0 Å². The van der Waals surface area contributed by atoms with Crippen molar-refractivity contribution in [1.29, 1.82) is 0 Å². The highest BCUT2D eigenvalue weighted by molar-refractivity contribution is 9.09. The molecule has 72 valence electrons. The zero-order valence-corrected chi connectivity index (χ0v) is 9.60. The number of halogens is 1. The molecule has 0 aliphatic rings. The van der Waals surface area contributed by atoms with Crippen LogP contribution < -0.4 is 0 Å². The topological polar surface area (TPSA) is 17.1 Å². The molecule has 0 N–H and O–H groups in total. The highest BCUT2D eigenvalue weighted by Gasteiger charge is 1.96. The van der Waals surface area contributed by atoms with Gasteiger partial charge in [-0.25, -0.2) is 0 Å². The Morgan fingerprint density at radius 3 is 2.50 bits per heavy atom. The minimum absolute atomic E-state index is 0.185. The fourth-order valence-electron chi connectivity index (χ4n) is 1.13. The van der Waals surface area contributed by atoms with E-state index in [0.717, 1.165) is 11.1 Å². The molecule has 0 amide bonds. The summed E-state index contributed by atoms with van der Waals surface area (Å²) in [6, 6.07) is 7.77. The summed E-state index contributed by atoms with van der Waals surface area (Å²) in [6.45, 7) is 1.60. The lowest BCUT2D eigenvalue weighted by Gasteiger charge is -1.96. The van der Waals surface area contributed by atoms with Gasteiger partial charge in [-0.2, -0.15) is 0 Å². The highest BCUT2D eigenvalue weighted by atomic mass is 79.9. The zero-order chi connectivity index (χ0) is 10.4. The molecule has 0 atom stereocenters. The van der Waals surface area contributed by atoms with E-state index in [1.165, 1.54) is 0 Å². The molecule has 1 rings (SSSR count). The Kier molecular flexibility index (Phi) is 4.42. The van der Waals surface area contributed by atoms with E-state index in [4.69, 9.17) is 0 Å². The minimum atomic E-state index is 0.185. The second-order valence-electron chi connectivity index (χ2n) is 3.01.